The third kappa shape index (κ3) is 3.67. The summed E-state index contributed by atoms with van der Waals surface area (Å²) >= 11 is 0. The van der Waals surface area contributed by atoms with Crippen LogP contribution in [0.4, 0.5) is 5.95 Å². The molecular weight excluding hydrogens is 558 g/mol. The number of aliphatic hydroxyl groups is 6. The van der Waals surface area contributed by atoms with Crippen LogP contribution in [0.5, 0.6) is 0 Å². The van der Waals surface area contributed by atoms with E-state index in [-0.39, 0.29) is 17.1 Å². The molecule has 1 fully saturated rings. The maximum Gasteiger partial charge on any atom is 0.280 e. The second-order valence-corrected chi connectivity index (χ2v) is 11.3. The van der Waals surface area contributed by atoms with E-state index in [1.54, 1.807) is 0 Å². The van der Waals surface area contributed by atoms with E-state index in [4.69, 9.17) is 4.74 Å². The zero-order valence-electron chi connectivity index (χ0n) is 22.4. The first-order valence-corrected chi connectivity index (χ1v) is 13.9. The van der Waals surface area contributed by atoms with Crippen molar-refractivity contribution in [2.45, 2.75) is 48.9 Å². The topological polar surface area (TPSA) is 206 Å². The third-order valence-electron chi connectivity index (χ3n) is 8.88. The van der Waals surface area contributed by atoms with Crippen molar-refractivity contribution < 1.29 is 35.4 Å². The number of benzene rings is 4. The Morgan fingerprint density at radius 3 is 2.40 bits per heavy atom. The lowest BCUT2D eigenvalue weighted by Gasteiger charge is -2.38. The molecule has 1 aliphatic heterocycles. The van der Waals surface area contributed by atoms with Gasteiger partial charge in [-0.1, -0.05) is 42.5 Å². The van der Waals surface area contributed by atoms with Crippen LogP contribution in [0.15, 0.2) is 59.7 Å². The van der Waals surface area contributed by atoms with Gasteiger partial charge in [0.1, 0.15) is 36.6 Å². The highest BCUT2D eigenvalue weighted by Crippen LogP contribution is 2.46. The molecule has 13 heteroatoms. The van der Waals surface area contributed by atoms with Crippen LogP contribution < -0.4 is 10.9 Å². The number of aromatic nitrogens is 4. The first kappa shape index (κ1) is 26.4. The molecule has 0 spiro atoms. The van der Waals surface area contributed by atoms with E-state index in [0.717, 1.165) is 32.3 Å². The molecule has 0 radical (unpaired) electrons. The Morgan fingerprint density at radius 2 is 1.65 bits per heavy atom. The lowest BCUT2D eigenvalue weighted by molar-refractivity contribution is -0.0767. The van der Waals surface area contributed by atoms with E-state index in [9.17, 15) is 35.4 Å². The van der Waals surface area contributed by atoms with Crippen molar-refractivity contribution in [2.24, 2.45) is 0 Å². The molecule has 8 rings (SSSR count). The Labute approximate surface area is 241 Å². The average molecular weight is 586 g/mol. The van der Waals surface area contributed by atoms with Crippen LogP contribution in [0.1, 0.15) is 29.5 Å². The van der Waals surface area contributed by atoms with Crippen molar-refractivity contribution in [3.63, 3.8) is 0 Å². The van der Waals surface area contributed by atoms with Gasteiger partial charge in [-0.25, -0.2) is 4.98 Å². The monoisotopic (exact) mass is 585 g/mol. The van der Waals surface area contributed by atoms with Gasteiger partial charge in [-0.15, -0.1) is 0 Å². The number of rotatable bonds is 4. The van der Waals surface area contributed by atoms with E-state index < -0.39 is 61.1 Å². The number of aromatic amines is 1. The minimum atomic E-state index is -1.54. The highest BCUT2D eigenvalue weighted by Gasteiger charge is 2.45. The molecule has 43 heavy (non-hydrogen) atoms. The lowest BCUT2D eigenvalue weighted by atomic mass is 9.77. The van der Waals surface area contributed by atoms with E-state index in [1.165, 1.54) is 10.9 Å². The molecule has 3 heterocycles. The van der Waals surface area contributed by atoms with Crippen LogP contribution in [0.2, 0.25) is 0 Å². The van der Waals surface area contributed by atoms with Gasteiger partial charge >= 0.3 is 0 Å². The Kier molecular flexibility index (Phi) is 5.77. The standard InChI is InChI=1S/C30H27N5O8/c36-9-16-23(38)26(41)29(43-16)35-10-31-21-27(35)33-30(34-28(21)42)32-20-19-14-7-6-12-3-1-2-11-4-5-13(18(14)17(11)12)8-15(19)22(37)25(40)24(20)39/h1-8,10,16,20,22-26,29,36-41H,9H2,(H2,32,33,34,42)/t16-,20+,22+,23-,24-,25-,26-,29-/m1/s1. The predicted molar refractivity (Wildman–Crippen MR) is 155 cm³/mol. The number of H-pyrrole nitrogens is 1. The van der Waals surface area contributed by atoms with E-state index in [0.29, 0.717) is 11.1 Å². The van der Waals surface area contributed by atoms with Gasteiger partial charge in [0.15, 0.2) is 17.4 Å². The van der Waals surface area contributed by atoms with Crippen molar-refractivity contribution >= 4 is 49.4 Å². The third-order valence-corrected chi connectivity index (χ3v) is 8.88. The van der Waals surface area contributed by atoms with E-state index >= 15 is 0 Å². The van der Waals surface area contributed by atoms with Gasteiger partial charge < -0.3 is 40.7 Å². The Bertz CT molecular complexity index is 2080. The van der Waals surface area contributed by atoms with Crippen molar-refractivity contribution in [1.82, 2.24) is 19.5 Å². The summed E-state index contributed by atoms with van der Waals surface area (Å²) < 4.78 is 6.90. The van der Waals surface area contributed by atoms with Crippen molar-refractivity contribution in [3.8, 4) is 0 Å². The lowest BCUT2D eigenvalue weighted by Crippen LogP contribution is -2.44. The number of hydrogen-bond donors (Lipinski definition) is 8. The second-order valence-electron chi connectivity index (χ2n) is 11.3. The van der Waals surface area contributed by atoms with Crippen LogP contribution in [-0.4, -0.2) is 87.3 Å². The molecule has 13 nitrogen and oxygen atoms in total. The molecule has 2 aromatic heterocycles. The van der Waals surface area contributed by atoms with Crippen molar-refractivity contribution in [3.05, 3.63) is 76.3 Å². The van der Waals surface area contributed by atoms with Gasteiger partial charge in [0, 0.05) is 0 Å². The highest BCUT2D eigenvalue weighted by molar-refractivity contribution is 6.24. The quantitative estimate of drug-likeness (QED) is 0.134. The Balaban J connectivity index is 1.29. The number of anilines is 1. The molecule has 0 bridgehead atoms. The number of hydrogen-bond acceptors (Lipinski definition) is 11. The molecule has 0 unspecified atom stereocenters. The fourth-order valence-corrected chi connectivity index (χ4v) is 6.78. The van der Waals surface area contributed by atoms with Crippen LogP contribution in [0.3, 0.4) is 0 Å². The SMILES string of the molecule is O=c1[nH]c(N[C@H]2c3c(cc4ccc5cccc6ccc3c4c56)[C@H](O)[C@@H](O)[C@@H]2O)nc2c1ncn2[C@@H]1O[C@H](CO)[C@@H](O)[C@H]1O. The summed E-state index contributed by atoms with van der Waals surface area (Å²) in [5, 5.41) is 72.3. The van der Waals surface area contributed by atoms with Gasteiger partial charge in [0.25, 0.3) is 5.56 Å². The van der Waals surface area contributed by atoms with Gasteiger partial charge in [0.2, 0.25) is 5.95 Å². The molecule has 2 aliphatic rings. The highest BCUT2D eigenvalue weighted by atomic mass is 16.6. The minimum Gasteiger partial charge on any atom is -0.394 e. The summed E-state index contributed by atoms with van der Waals surface area (Å²) in [5.74, 6) is -0.0738. The van der Waals surface area contributed by atoms with Gasteiger partial charge in [-0.2, -0.15) is 4.98 Å². The summed E-state index contributed by atoms with van der Waals surface area (Å²) in [5.41, 5.74) is 0.311. The predicted octanol–water partition coefficient (Wildman–Crippen LogP) is 0.550. The molecule has 1 aliphatic carbocycles. The number of aliphatic hydroxyl groups excluding tert-OH is 6. The largest absolute Gasteiger partial charge is 0.394 e. The maximum atomic E-state index is 13.1. The van der Waals surface area contributed by atoms with Gasteiger partial charge in [-0.05, 0) is 49.5 Å². The van der Waals surface area contributed by atoms with Gasteiger partial charge in [-0.3, -0.25) is 14.3 Å². The van der Waals surface area contributed by atoms with Crippen LogP contribution in [-0.2, 0) is 4.74 Å². The molecule has 1 saturated heterocycles. The zero-order chi connectivity index (χ0) is 29.7. The molecule has 8 atom stereocenters. The Morgan fingerprint density at radius 1 is 0.907 bits per heavy atom. The maximum absolute atomic E-state index is 13.1. The summed E-state index contributed by atoms with van der Waals surface area (Å²) in [6.07, 6.45) is -8.19. The summed E-state index contributed by atoms with van der Waals surface area (Å²) in [4.78, 5) is 24.3. The fourth-order valence-electron chi connectivity index (χ4n) is 6.78. The number of ether oxygens (including phenoxy) is 1. The Hall–Kier alpha value is -4.21. The van der Waals surface area contributed by atoms with Crippen molar-refractivity contribution in [2.75, 3.05) is 11.9 Å². The molecule has 8 N–H and O–H groups in total. The fraction of sp³-hybridized carbons (Fsp3) is 0.300. The molecule has 4 aromatic carbocycles. The molecule has 0 saturated carbocycles. The van der Waals surface area contributed by atoms with Gasteiger partial charge in [0.05, 0.1) is 19.0 Å². The first-order chi connectivity index (χ1) is 20.8. The summed E-state index contributed by atoms with van der Waals surface area (Å²) in [6, 6.07) is 14.7. The van der Waals surface area contributed by atoms with E-state index in [1.807, 2.05) is 48.5 Å². The first-order valence-electron chi connectivity index (χ1n) is 13.9. The summed E-state index contributed by atoms with van der Waals surface area (Å²) in [6.45, 7) is -0.530. The number of fused-ring (bicyclic) bond motifs is 3. The molecule has 220 valence electrons. The normalized spacial score (nSPS) is 29.3. The molecular formula is C30H27N5O8. The number of nitrogens with zero attached hydrogens (tertiary/aromatic N) is 3. The van der Waals surface area contributed by atoms with Crippen molar-refractivity contribution in [1.29, 1.82) is 0 Å². The zero-order valence-corrected chi connectivity index (χ0v) is 22.4. The van der Waals surface area contributed by atoms with Crippen LogP contribution in [0.25, 0.3) is 43.5 Å². The smallest absolute Gasteiger partial charge is 0.280 e. The number of nitrogens with one attached hydrogen (secondary N) is 2. The minimum absolute atomic E-state index is 0.0163. The molecule has 6 aromatic rings. The van der Waals surface area contributed by atoms with Crippen LogP contribution >= 0.6 is 0 Å². The number of imidazole rings is 1. The van der Waals surface area contributed by atoms with E-state index in [2.05, 4.69) is 20.3 Å². The second kappa shape index (κ2) is 9.39. The average Bonchev–Trinajstić information content (AvgIpc) is 3.56. The molecule has 0 amide bonds. The summed E-state index contributed by atoms with van der Waals surface area (Å²) in [7, 11) is 0. The van der Waals surface area contributed by atoms with Crippen LogP contribution in [0, 0.1) is 0 Å².